The molecule has 112 valence electrons. The second-order valence-electron chi connectivity index (χ2n) is 4.72. The van der Waals surface area contributed by atoms with E-state index in [1.807, 2.05) is 0 Å². The van der Waals surface area contributed by atoms with Gasteiger partial charge in [-0.25, -0.2) is 9.37 Å². The van der Waals surface area contributed by atoms with E-state index < -0.39 is 0 Å². The number of aromatic nitrogens is 1. The molecule has 3 rings (SSSR count). The molecule has 0 saturated carbocycles. The molecule has 4 nitrogen and oxygen atoms in total. The molecular formula is C15H11FN2O2S2. The Labute approximate surface area is 133 Å². The van der Waals surface area contributed by atoms with Crippen molar-refractivity contribution in [1.82, 2.24) is 4.98 Å². The second-order valence-corrected chi connectivity index (χ2v) is 6.63. The summed E-state index contributed by atoms with van der Waals surface area (Å²) >= 11 is 2.42. The Balaban J connectivity index is 1.93. The average Bonchev–Trinajstić information content (AvgIpc) is 3.05. The zero-order valence-corrected chi connectivity index (χ0v) is 13.4. The highest BCUT2D eigenvalue weighted by atomic mass is 32.1. The van der Waals surface area contributed by atoms with E-state index in [2.05, 4.69) is 10.3 Å². The number of hydrogen-bond donors (Lipinski definition) is 1. The van der Waals surface area contributed by atoms with Gasteiger partial charge in [0.15, 0.2) is 10.9 Å². The summed E-state index contributed by atoms with van der Waals surface area (Å²) in [5.41, 5.74) is 0.929. The normalized spacial score (nSPS) is 10.9. The first-order valence-corrected chi connectivity index (χ1v) is 8.12. The maximum atomic E-state index is 13.9. The quantitative estimate of drug-likeness (QED) is 0.728. The number of thiophene rings is 1. The molecule has 0 fully saturated rings. The van der Waals surface area contributed by atoms with Gasteiger partial charge in [0.05, 0.1) is 4.88 Å². The van der Waals surface area contributed by atoms with Gasteiger partial charge in [0.1, 0.15) is 11.5 Å². The lowest BCUT2D eigenvalue weighted by Gasteiger charge is -2.00. The van der Waals surface area contributed by atoms with Gasteiger partial charge >= 0.3 is 0 Å². The van der Waals surface area contributed by atoms with Gasteiger partial charge in [0.2, 0.25) is 0 Å². The van der Waals surface area contributed by atoms with Gasteiger partial charge in [-0.1, -0.05) is 6.07 Å². The summed E-state index contributed by atoms with van der Waals surface area (Å²) in [7, 11) is 0. The number of fused-ring (bicyclic) bond motifs is 1. The Morgan fingerprint density at radius 3 is 2.73 bits per heavy atom. The first kappa shape index (κ1) is 14.8. The van der Waals surface area contributed by atoms with Gasteiger partial charge in [-0.2, -0.15) is 0 Å². The predicted molar refractivity (Wildman–Crippen MR) is 86.6 cm³/mol. The number of nitrogens with zero attached hydrogens (tertiary/aromatic N) is 1. The number of anilines is 1. The van der Waals surface area contributed by atoms with Crippen LogP contribution in [0.15, 0.2) is 23.6 Å². The van der Waals surface area contributed by atoms with Gasteiger partial charge in [-0.05, 0) is 24.6 Å². The monoisotopic (exact) mass is 334 g/mol. The maximum Gasteiger partial charge on any atom is 0.267 e. The van der Waals surface area contributed by atoms with Crippen molar-refractivity contribution in [2.45, 2.75) is 13.8 Å². The molecule has 0 aliphatic rings. The molecule has 2 heterocycles. The summed E-state index contributed by atoms with van der Waals surface area (Å²) in [4.78, 5) is 28.1. The SMILES string of the molecule is CC(=O)c1csc(NC(=O)c2sc3cccc(F)c3c2C)n1. The Hall–Kier alpha value is -2.12. The minimum absolute atomic E-state index is 0.156. The van der Waals surface area contributed by atoms with Gasteiger partial charge < -0.3 is 0 Å². The Bertz CT molecular complexity index is 898. The molecule has 1 N–H and O–H groups in total. The number of carbonyl (C=O) groups is 2. The fourth-order valence-corrected chi connectivity index (χ4v) is 3.98. The van der Waals surface area contributed by atoms with Crippen LogP contribution in [0.4, 0.5) is 9.52 Å². The number of Topliss-reactive ketones (excluding diaryl/α,β-unsaturated/α-hetero) is 1. The van der Waals surface area contributed by atoms with Crippen LogP contribution in [0.5, 0.6) is 0 Å². The number of ketones is 1. The molecule has 2 aromatic heterocycles. The zero-order chi connectivity index (χ0) is 15.9. The zero-order valence-electron chi connectivity index (χ0n) is 11.8. The van der Waals surface area contributed by atoms with Crippen LogP contribution in [-0.4, -0.2) is 16.7 Å². The number of benzene rings is 1. The van der Waals surface area contributed by atoms with Crippen molar-refractivity contribution >= 4 is 49.6 Å². The minimum Gasteiger partial charge on any atom is -0.297 e. The Kier molecular flexibility index (Phi) is 3.76. The van der Waals surface area contributed by atoms with Crippen molar-refractivity contribution in [3.05, 3.63) is 45.5 Å². The highest BCUT2D eigenvalue weighted by Crippen LogP contribution is 2.33. The first-order valence-electron chi connectivity index (χ1n) is 6.43. The lowest BCUT2D eigenvalue weighted by molar-refractivity contribution is 0.100. The van der Waals surface area contributed by atoms with Crippen LogP contribution < -0.4 is 5.32 Å². The lowest BCUT2D eigenvalue weighted by atomic mass is 10.1. The number of thiazole rings is 1. The van der Waals surface area contributed by atoms with E-state index >= 15 is 0 Å². The molecular weight excluding hydrogens is 323 g/mol. The van der Waals surface area contributed by atoms with Crippen LogP contribution in [0.1, 0.15) is 32.6 Å². The fraction of sp³-hybridized carbons (Fsp3) is 0.133. The standard InChI is InChI=1S/C15H11FN2O2S2/c1-7-12-9(16)4-3-5-11(12)22-13(7)14(20)18-15-17-10(6-21-15)8(2)19/h3-6H,1-2H3,(H,17,18,20). The maximum absolute atomic E-state index is 13.9. The second kappa shape index (κ2) is 5.58. The summed E-state index contributed by atoms with van der Waals surface area (Å²) in [5, 5.41) is 5.08. The van der Waals surface area contributed by atoms with E-state index in [9.17, 15) is 14.0 Å². The van der Waals surface area contributed by atoms with Crippen molar-refractivity contribution in [2.24, 2.45) is 0 Å². The number of amides is 1. The van der Waals surface area contributed by atoms with Crippen LogP contribution in [0.25, 0.3) is 10.1 Å². The van der Waals surface area contributed by atoms with Gasteiger partial charge in [-0.15, -0.1) is 22.7 Å². The summed E-state index contributed by atoms with van der Waals surface area (Å²) < 4.78 is 14.6. The molecule has 3 aromatic rings. The van der Waals surface area contributed by atoms with Crippen molar-refractivity contribution < 1.29 is 14.0 Å². The lowest BCUT2D eigenvalue weighted by Crippen LogP contribution is -2.11. The number of rotatable bonds is 3. The molecule has 0 radical (unpaired) electrons. The van der Waals surface area contributed by atoms with Crippen LogP contribution in [0, 0.1) is 12.7 Å². The van der Waals surface area contributed by atoms with Crippen LogP contribution in [0.2, 0.25) is 0 Å². The smallest absolute Gasteiger partial charge is 0.267 e. The molecule has 0 aliphatic carbocycles. The summed E-state index contributed by atoms with van der Waals surface area (Å²) in [5.74, 6) is -0.835. The van der Waals surface area contributed by atoms with Gasteiger partial charge in [0.25, 0.3) is 5.91 Å². The number of aryl methyl sites for hydroxylation is 1. The molecule has 0 spiro atoms. The van der Waals surface area contributed by atoms with Gasteiger partial charge in [0, 0.05) is 22.4 Å². The predicted octanol–water partition coefficient (Wildman–Crippen LogP) is 4.26. The summed E-state index contributed by atoms with van der Waals surface area (Å²) in [6.45, 7) is 3.14. The first-order chi connectivity index (χ1) is 10.5. The molecule has 0 bridgehead atoms. The van der Waals surface area contributed by atoms with Crippen LogP contribution in [-0.2, 0) is 0 Å². The van der Waals surface area contributed by atoms with Gasteiger partial charge in [-0.3, -0.25) is 14.9 Å². The third-order valence-corrected chi connectivity index (χ3v) is 5.21. The number of carbonyl (C=O) groups excluding carboxylic acids is 2. The number of hydrogen-bond acceptors (Lipinski definition) is 5. The van der Waals surface area contributed by atoms with E-state index in [1.165, 1.54) is 35.7 Å². The van der Waals surface area contributed by atoms with Crippen molar-refractivity contribution in [3.8, 4) is 0 Å². The van der Waals surface area contributed by atoms with E-state index in [-0.39, 0.29) is 17.5 Å². The minimum atomic E-state index is -0.345. The molecule has 0 atom stereocenters. The fourth-order valence-electron chi connectivity index (χ4n) is 2.12. The largest absolute Gasteiger partial charge is 0.297 e. The van der Waals surface area contributed by atoms with E-state index in [0.29, 0.717) is 26.7 Å². The molecule has 1 aromatic carbocycles. The van der Waals surface area contributed by atoms with Crippen LogP contribution in [0.3, 0.4) is 0 Å². The topological polar surface area (TPSA) is 59.1 Å². The van der Waals surface area contributed by atoms with E-state index in [1.54, 1.807) is 24.4 Å². The van der Waals surface area contributed by atoms with E-state index in [0.717, 1.165) is 4.70 Å². The highest BCUT2D eigenvalue weighted by Gasteiger charge is 2.19. The third-order valence-electron chi connectivity index (χ3n) is 3.19. The Morgan fingerprint density at radius 2 is 2.09 bits per heavy atom. The number of halogens is 1. The Morgan fingerprint density at radius 1 is 1.32 bits per heavy atom. The molecule has 1 amide bonds. The molecule has 0 unspecified atom stereocenters. The molecule has 22 heavy (non-hydrogen) atoms. The van der Waals surface area contributed by atoms with E-state index in [4.69, 9.17) is 0 Å². The molecule has 7 heteroatoms. The van der Waals surface area contributed by atoms with Crippen molar-refractivity contribution in [2.75, 3.05) is 5.32 Å². The third kappa shape index (κ3) is 2.53. The number of nitrogens with one attached hydrogen (secondary N) is 1. The summed E-state index contributed by atoms with van der Waals surface area (Å²) in [6.07, 6.45) is 0. The summed E-state index contributed by atoms with van der Waals surface area (Å²) in [6, 6.07) is 4.78. The van der Waals surface area contributed by atoms with Crippen LogP contribution >= 0.6 is 22.7 Å². The van der Waals surface area contributed by atoms with Crippen molar-refractivity contribution in [3.63, 3.8) is 0 Å². The molecule has 0 saturated heterocycles. The van der Waals surface area contributed by atoms with Crippen molar-refractivity contribution in [1.29, 1.82) is 0 Å². The molecule has 0 aliphatic heterocycles. The highest BCUT2D eigenvalue weighted by molar-refractivity contribution is 7.21. The average molecular weight is 334 g/mol.